The molecule has 28 heavy (non-hydrogen) atoms. The number of nitrogens with zero attached hydrogens (tertiary/aromatic N) is 1. The Morgan fingerprint density at radius 2 is 1.93 bits per heavy atom. The van der Waals surface area contributed by atoms with E-state index in [0.717, 1.165) is 29.2 Å². The van der Waals surface area contributed by atoms with Crippen molar-refractivity contribution in [3.8, 4) is 5.75 Å². The summed E-state index contributed by atoms with van der Waals surface area (Å²) in [6.45, 7) is 0.396. The van der Waals surface area contributed by atoms with Crippen LogP contribution in [-0.2, 0) is 11.4 Å². The molecular weight excluding hydrogens is 368 g/mol. The average molecular weight is 395 g/mol. The predicted molar refractivity (Wildman–Crippen MR) is 115 cm³/mol. The standard InChI is InChI=1S/C23H26N2O2S/c26-22(13-10-17-6-2-1-3-7-17)25-23-24-20(16-28-23)15-27-21-12-11-18-8-4-5-9-19(18)14-21/h4-5,8-9,11-12,14,16-17H,1-3,6-7,10,13,15H2,(H,24,25,26). The molecule has 1 fully saturated rings. The van der Waals surface area contributed by atoms with Gasteiger partial charge in [0.1, 0.15) is 12.4 Å². The molecule has 1 aliphatic rings. The predicted octanol–water partition coefficient (Wildman–Crippen LogP) is 6.17. The molecule has 0 aliphatic heterocycles. The van der Waals surface area contributed by atoms with Crippen LogP contribution in [0.15, 0.2) is 47.8 Å². The zero-order chi connectivity index (χ0) is 19.2. The van der Waals surface area contributed by atoms with Gasteiger partial charge in [-0.3, -0.25) is 4.79 Å². The van der Waals surface area contributed by atoms with Crippen LogP contribution in [0.3, 0.4) is 0 Å². The number of nitrogens with one attached hydrogen (secondary N) is 1. The highest BCUT2D eigenvalue weighted by molar-refractivity contribution is 7.13. The van der Waals surface area contributed by atoms with Gasteiger partial charge in [-0.2, -0.15) is 0 Å². The van der Waals surface area contributed by atoms with E-state index in [4.69, 9.17) is 4.74 Å². The number of carbonyl (C=O) groups is 1. The van der Waals surface area contributed by atoms with Gasteiger partial charge in [-0.15, -0.1) is 11.3 Å². The van der Waals surface area contributed by atoms with Gasteiger partial charge in [-0.1, -0.05) is 62.4 Å². The van der Waals surface area contributed by atoms with Gasteiger partial charge < -0.3 is 10.1 Å². The van der Waals surface area contributed by atoms with Crippen LogP contribution >= 0.6 is 11.3 Å². The first-order chi connectivity index (χ1) is 13.8. The van der Waals surface area contributed by atoms with Crippen LogP contribution in [0.4, 0.5) is 5.13 Å². The third-order valence-corrected chi connectivity index (χ3v) is 6.22. The number of fused-ring (bicyclic) bond motifs is 1. The molecule has 4 rings (SSSR count). The molecule has 1 amide bonds. The normalized spacial score (nSPS) is 14.9. The number of thiazole rings is 1. The van der Waals surface area contributed by atoms with Crippen molar-refractivity contribution < 1.29 is 9.53 Å². The van der Waals surface area contributed by atoms with E-state index in [9.17, 15) is 4.79 Å². The van der Waals surface area contributed by atoms with Gasteiger partial charge in [0.15, 0.2) is 5.13 Å². The lowest BCUT2D eigenvalue weighted by Gasteiger charge is -2.20. The molecule has 1 saturated carbocycles. The number of carbonyl (C=O) groups excluding carboxylic acids is 1. The summed E-state index contributed by atoms with van der Waals surface area (Å²) in [5.74, 6) is 1.62. The summed E-state index contributed by atoms with van der Waals surface area (Å²) in [7, 11) is 0. The van der Waals surface area contributed by atoms with E-state index in [-0.39, 0.29) is 5.91 Å². The number of ether oxygens (including phenoxy) is 1. The summed E-state index contributed by atoms with van der Waals surface area (Å²) in [5, 5.41) is 7.89. The molecule has 1 N–H and O–H groups in total. The Morgan fingerprint density at radius 3 is 2.79 bits per heavy atom. The lowest BCUT2D eigenvalue weighted by Crippen LogP contribution is -2.14. The third kappa shape index (κ3) is 5.10. The number of hydrogen-bond donors (Lipinski definition) is 1. The van der Waals surface area contributed by atoms with E-state index in [1.807, 2.05) is 29.6 Å². The molecule has 5 heteroatoms. The summed E-state index contributed by atoms with van der Waals surface area (Å²) in [5.41, 5.74) is 0.834. The number of rotatable bonds is 7. The minimum absolute atomic E-state index is 0.0712. The van der Waals surface area contributed by atoms with Crippen molar-refractivity contribution in [3.63, 3.8) is 0 Å². The monoisotopic (exact) mass is 394 g/mol. The van der Waals surface area contributed by atoms with Gasteiger partial charge >= 0.3 is 0 Å². The maximum absolute atomic E-state index is 12.2. The van der Waals surface area contributed by atoms with Gasteiger partial charge in [0.05, 0.1) is 5.69 Å². The van der Waals surface area contributed by atoms with Crippen molar-refractivity contribution in [3.05, 3.63) is 53.5 Å². The molecule has 1 aromatic heterocycles. The molecule has 0 atom stereocenters. The molecule has 3 aromatic rings. The minimum Gasteiger partial charge on any atom is -0.487 e. The van der Waals surface area contributed by atoms with Crippen LogP contribution in [-0.4, -0.2) is 10.9 Å². The summed E-state index contributed by atoms with van der Waals surface area (Å²) in [4.78, 5) is 16.7. The third-order valence-electron chi connectivity index (χ3n) is 5.41. The quantitative estimate of drug-likeness (QED) is 0.521. The lowest BCUT2D eigenvalue weighted by atomic mass is 9.86. The second-order valence-electron chi connectivity index (χ2n) is 7.53. The van der Waals surface area contributed by atoms with E-state index < -0.39 is 0 Å². The Hall–Kier alpha value is -2.40. The highest BCUT2D eigenvalue weighted by Gasteiger charge is 2.15. The highest BCUT2D eigenvalue weighted by atomic mass is 32.1. The fraction of sp³-hybridized carbons (Fsp3) is 0.391. The second-order valence-corrected chi connectivity index (χ2v) is 8.39. The molecule has 0 saturated heterocycles. The van der Waals surface area contributed by atoms with Gasteiger partial charge in [0.2, 0.25) is 5.91 Å². The number of hydrogen-bond acceptors (Lipinski definition) is 4. The maximum Gasteiger partial charge on any atom is 0.226 e. The van der Waals surface area contributed by atoms with Crippen molar-refractivity contribution in [2.45, 2.75) is 51.6 Å². The fourth-order valence-electron chi connectivity index (χ4n) is 3.84. The SMILES string of the molecule is O=C(CCC1CCCCC1)Nc1nc(COc2ccc3ccccc3c2)cs1. The van der Waals surface area contributed by atoms with E-state index >= 15 is 0 Å². The zero-order valence-electron chi connectivity index (χ0n) is 16.0. The lowest BCUT2D eigenvalue weighted by molar-refractivity contribution is -0.116. The van der Waals surface area contributed by atoms with Crippen LogP contribution in [0.2, 0.25) is 0 Å². The van der Waals surface area contributed by atoms with Crippen LogP contribution in [0.25, 0.3) is 10.8 Å². The largest absolute Gasteiger partial charge is 0.487 e. The van der Waals surface area contributed by atoms with E-state index in [1.54, 1.807) is 0 Å². The Labute approximate surface area is 169 Å². The molecule has 0 spiro atoms. The van der Waals surface area contributed by atoms with Gasteiger partial charge in [-0.25, -0.2) is 4.98 Å². The first-order valence-corrected chi connectivity index (χ1v) is 11.0. The fourth-order valence-corrected chi connectivity index (χ4v) is 4.55. The summed E-state index contributed by atoms with van der Waals surface area (Å²) in [6, 6.07) is 14.3. The van der Waals surface area contributed by atoms with Crippen LogP contribution in [0, 0.1) is 5.92 Å². The van der Waals surface area contributed by atoms with Gasteiger partial charge in [0, 0.05) is 11.8 Å². The van der Waals surface area contributed by atoms with Crippen molar-refractivity contribution in [1.82, 2.24) is 4.98 Å². The molecule has 0 radical (unpaired) electrons. The van der Waals surface area contributed by atoms with Crippen molar-refractivity contribution in [1.29, 1.82) is 0 Å². The number of benzene rings is 2. The molecule has 146 valence electrons. The average Bonchev–Trinajstić information content (AvgIpc) is 3.18. The highest BCUT2D eigenvalue weighted by Crippen LogP contribution is 2.27. The van der Waals surface area contributed by atoms with Crippen LogP contribution in [0.1, 0.15) is 50.6 Å². The van der Waals surface area contributed by atoms with Gasteiger partial charge in [0.25, 0.3) is 0 Å². The number of anilines is 1. The number of aromatic nitrogens is 1. The zero-order valence-corrected chi connectivity index (χ0v) is 16.8. The molecule has 4 nitrogen and oxygen atoms in total. The second kappa shape index (κ2) is 9.20. The van der Waals surface area contributed by atoms with Crippen molar-refractivity contribution in [2.75, 3.05) is 5.32 Å². The Morgan fingerprint density at radius 1 is 1.11 bits per heavy atom. The molecule has 0 unspecified atom stereocenters. The Balaban J connectivity index is 1.25. The van der Waals surface area contributed by atoms with Crippen LogP contribution in [0.5, 0.6) is 5.75 Å². The van der Waals surface area contributed by atoms with Crippen molar-refractivity contribution in [2.24, 2.45) is 5.92 Å². The topological polar surface area (TPSA) is 51.2 Å². The number of amides is 1. The Kier molecular flexibility index (Phi) is 6.22. The minimum atomic E-state index is 0.0712. The molecule has 2 aromatic carbocycles. The summed E-state index contributed by atoms with van der Waals surface area (Å²) < 4.78 is 5.88. The summed E-state index contributed by atoms with van der Waals surface area (Å²) >= 11 is 1.45. The van der Waals surface area contributed by atoms with E-state index in [0.29, 0.717) is 18.2 Å². The van der Waals surface area contributed by atoms with Crippen molar-refractivity contribution >= 4 is 33.1 Å². The first-order valence-electron chi connectivity index (χ1n) is 10.1. The molecule has 1 aliphatic carbocycles. The van der Waals surface area contributed by atoms with Crippen LogP contribution < -0.4 is 10.1 Å². The smallest absolute Gasteiger partial charge is 0.226 e. The van der Waals surface area contributed by atoms with E-state index in [1.165, 1.54) is 48.8 Å². The molecule has 1 heterocycles. The van der Waals surface area contributed by atoms with E-state index in [2.05, 4.69) is 28.5 Å². The maximum atomic E-state index is 12.2. The van der Waals surface area contributed by atoms with Gasteiger partial charge in [-0.05, 0) is 35.2 Å². The Bertz CT molecular complexity index is 931. The first kappa shape index (κ1) is 18.9. The summed E-state index contributed by atoms with van der Waals surface area (Å²) in [6.07, 6.45) is 8.13. The molecular formula is C23H26N2O2S. The molecule has 0 bridgehead atoms.